The van der Waals surface area contributed by atoms with Gasteiger partial charge in [-0.05, 0) is 38.8 Å². The minimum atomic E-state index is -0.0771. The summed E-state index contributed by atoms with van der Waals surface area (Å²) in [5.41, 5.74) is 2.86. The molecule has 1 atom stereocenters. The fraction of sp³-hybridized carbons (Fsp3) is 0.389. The molecule has 4 rings (SSSR count). The Morgan fingerprint density at radius 1 is 1.31 bits per heavy atom. The van der Waals surface area contributed by atoms with Crippen LogP contribution in [0.1, 0.15) is 46.5 Å². The van der Waals surface area contributed by atoms with E-state index in [0.29, 0.717) is 23.8 Å². The molecule has 1 aliphatic rings. The Balaban J connectivity index is 1.66. The van der Waals surface area contributed by atoms with Crippen LogP contribution in [0.5, 0.6) is 0 Å². The summed E-state index contributed by atoms with van der Waals surface area (Å²) in [6, 6.07) is 3.54. The minimum Gasteiger partial charge on any atom is -0.361 e. The van der Waals surface area contributed by atoms with Crippen LogP contribution >= 0.6 is 0 Å². The molecule has 0 bridgehead atoms. The Bertz CT molecular complexity index is 941. The Kier molecular flexibility index (Phi) is 4.02. The Morgan fingerprint density at radius 2 is 2.15 bits per heavy atom. The molecule has 8 heteroatoms. The monoisotopic (exact) mass is 352 g/mol. The number of rotatable bonds is 3. The molecule has 0 aliphatic carbocycles. The second-order valence-electron chi connectivity index (χ2n) is 6.54. The van der Waals surface area contributed by atoms with E-state index in [-0.39, 0.29) is 11.9 Å². The van der Waals surface area contributed by atoms with Crippen molar-refractivity contribution in [2.45, 2.75) is 32.7 Å². The largest absolute Gasteiger partial charge is 0.361 e. The quantitative estimate of drug-likeness (QED) is 0.719. The smallest absolute Gasteiger partial charge is 0.274 e. The lowest BCUT2D eigenvalue weighted by Crippen LogP contribution is -2.31. The molecule has 0 unspecified atom stereocenters. The maximum absolute atomic E-state index is 12.8. The molecular weight excluding hydrogens is 332 g/mol. The SMILES string of the molecule is Cc1noc(C)c1-c1nccc([C@@H]2CCCN2C(=O)c2ccn(C)n2)n1. The van der Waals surface area contributed by atoms with E-state index in [1.165, 1.54) is 0 Å². The summed E-state index contributed by atoms with van der Waals surface area (Å²) in [7, 11) is 1.80. The summed E-state index contributed by atoms with van der Waals surface area (Å²) < 4.78 is 6.87. The van der Waals surface area contributed by atoms with E-state index < -0.39 is 0 Å². The van der Waals surface area contributed by atoms with Gasteiger partial charge in [0.15, 0.2) is 5.82 Å². The molecule has 1 saturated heterocycles. The summed E-state index contributed by atoms with van der Waals surface area (Å²) >= 11 is 0. The first-order chi connectivity index (χ1) is 12.5. The average molecular weight is 352 g/mol. The molecule has 0 N–H and O–H groups in total. The third-order valence-corrected chi connectivity index (χ3v) is 4.72. The highest BCUT2D eigenvalue weighted by molar-refractivity contribution is 5.92. The van der Waals surface area contributed by atoms with Crippen LogP contribution in [0.15, 0.2) is 29.0 Å². The van der Waals surface area contributed by atoms with Crippen LogP contribution in [-0.4, -0.2) is 42.3 Å². The second-order valence-corrected chi connectivity index (χ2v) is 6.54. The lowest BCUT2D eigenvalue weighted by molar-refractivity contribution is 0.0726. The minimum absolute atomic E-state index is 0.0643. The predicted molar refractivity (Wildman–Crippen MR) is 93.2 cm³/mol. The fourth-order valence-corrected chi connectivity index (χ4v) is 3.47. The maximum atomic E-state index is 12.8. The third kappa shape index (κ3) is 2.77. The molecule has 0 spiro atoms. The first-order valence-electron chi connectivity index (χ1n) is 8.61. The standard InChI is InChI=1S/C18H20N6O2/c1-11-16(12(2)26-22-11)17-19-8-6-13(20-17)15-5-4-9-24(15)18(25)14-7-10-23(3)21-14/h6-8,10,15H,4-5,9H2,1-3H3/t15-/m0/s1. The molecule has 1 fully saturated rings. The second kappa shape index (κ2) is 6.36. The van der Waals surface area contributed by atoms with Crippen molar-refractivity contribution < 1.29 is 9.32 Å². The lowest BCUT2D eigenvalue weighted by atomic mass is 10.1. The van der Waals surface area contributed by atoms with Crippen molar-refractivity contribution in [1.82, 2.24) is 29.8 Å². The van der Waals surface area contributed by atoms with E-state index in [1.54, 1.807) is 30.2 Å². The van der Waals surface area contributed by atoms with Gasteiger partial charge in [-0.3, -0.25) is 9.48 Å². The van der Waals surface area contributed by atoms with Crippen molar-refractivity contribution >= 4 is 5.91 Å². The Morgan fingerprint density at radius 3 is 2.85 bits per heavy atom. The van der Waals surface area contributed by atoms with Crippen LogP contribution in [0.25, 0.3) is 11.4 Å². The summed E-state index contributed by atoms with van der Waals surface area (Å²) in [5, 5.41) is 8.21. The number of aromatic nitrogens is 5. The van der Waals surface area contributed by atoms with Crippen LogP contribution in [-0.2, 0) is 7.05 Å². The van der Waals surface area contributed by atoms with Gasteiger partial charge >= 0.3 is 0 Å². The van der Waals surface area contributed by atoms with E-state index in [2.05, 4.69) is 15.2 Å². The lowest BCUT2D eigenvalue weighted by Gasteiger charge is -2.23. The Labute approximate surface area is 150 Å². The first-order valence-corrected chi connectivity index (χ1v) is 8.61. The molecule has 0 saturated carbocycles. The summed E-state index contributed by atoms with van der Waals surface area (Å²) in [4.78, 5) is 23.8. The highest BCUT2D eigenvalue weighted by atomic mass is 16.5. The molecular formula is C18H20N6O2. The van der Waals surface area contributed by atoms with E-state index in [4.69, 9.17) is 9.51 Å². The molecule has 3 aromatic heterocycles. The van der Waals surface area contributed by atoms with Gasteiger partial charge in [-0.2, -0.15) is 5.10 Å². The number of hydrogen-bond donors (Lipinski definition) is 0. The van der Waals surface area contributed by atoms with Crippen LogP contribution in [0.3, 0.4) is 0 Å². The summed E-state index contributed by atoms with van der Waals surface area (Å²) in [6.45, 7) is 4.41. The summed E-state index contributed by atoms with van der Waals surface area (Å²) in [5.74, 6) is 1.20. The number of carbonyl (C=O) groups excluding carboxylic acids is 1. The van der Waals surface area contributed by atoms with Gasteiger partial charge in [-0.25, -0.2) is 9.97 Å². The van der Waals surface area contributed by atoms with Crippen LogP contribution in [0, 0.1) is 13.8 Å². The van der Waals surface area contributed by atoms with Crippen molar-refractivity contribution in [3.63, 3.8) is 0 Å². The number of amides is 1. The highest BCUT2D eigenvalue weighted by Crippen LogP contribution is 2.33. The van der Waals surface area contributed by atoms with Gasteiger partial charge in [-0.1, -0.05) is 5.16 Å². The van der Waals surface area contributed by atoms with Crippen molar-refractivity contribution in [3.8, 4) is 11.4 Å². The normalized spacial score (nSPS) is 17.0. The van der Waals surface area contributed by atoms with Gasteiger partial charge in [-0.15, -0.1) is 0 Å². The first kappa shape index (κ1) is 16.4. The van der Waals surface area contributed by atoms with Crippen LogP contribution < -0.4 is 0 Å². The zero-order valence-corrected chi connectivity index (χ0v) is 15.0. The average Bonchev–Trinajstić information content (AvgIpc) is 3.35. The van der Waals surface area contributed by atoms with Crippen molar-refractivity contribution in [2.24, 2.45) is 7.05 Å². The number of carbonyl (C=O) groups is 1. The van der Waals surface area contributed by atoms with Crippen molar-refractivity contribution in [3.05, 3.63) is 47.4 Å². The van der Waals surface area contributed by atoms with Gasteiger partial charge in [0.1, 0.15) is 11.5 Å². The van der Waals surface area contributed by atoms with Gasteiger partial charge in [0.2, 0.25) is 0 Å². The molecule has 134 valence electrons. The van der Waals surface area contributed by atoms with E-state index in [1.807, 2.05) is 24.8 Å². The molecule has 26 heavy (non-hydrogen) atoms. The van der Waals surface area contributed by atoms with E-state index in [9.17, 15) is 4.79 Å². The topological polar surface area (TPSA) is 89.9 Å². The van der Waals surface area contributed by atoms with Gasteiger partial charge in [0.25, 0.3) is 5.91 Å². The van der Waals surface area contributed by atoms with Gasteiger partial charge in [0.05, 0.1) is 23.0 Å². The van der Waals surface area contributed by atoms with Crippen molar-refractivity contribution in [2.75, 3.05) is 6.54 Å². The number of hydrogen-bond acceptors (Lipinski definition) is 6. The fourth-order valence-electron chi connectivity index (χ4n) is 3.47. The van der Waals surface area contributed by atoms with Gasteiger partial charge < -0.3 is 9.42 Å². The predicted octanol–water partition coefficient (Wildman–Crippen LogP) is 2.46. The maximum Gasteiger partial charge on any atom is 0.274 e. The van der Waals surface area contributed by atoms with Crippen LogP contribution in [0.4, 0.5) is 0 Å². The zero-order valence-electron chi connectivity index (χ0n) is 15.0. The molecule has 8 nitrogen and oxygen atoms in total. The van der Waals surface area contributed by atoms with E-state index >= 15 is 0 Å². The molecule has 1 amide bonds. The third-order valence-electron chi connectivity index (χ3n) is 4.72. The molecule has 3 aromatic rings. The highest BCUT2D eigenvalue weighted by Gasteiger charge is 2.33. The van der Waals surface area contributed by atoms with Crippen molar-refractivity contribution in [1.29, 1.82) is 0 Å². The number of nitrogens with zero attached hydrogens (tertiary/aromatic N) is 6. The molecule has 0 aromatic carbocycles. The molecule has 4 heterocycles. The van der Waals surface area contributed by atoms with E-state index in [0.717, 1.165) is 29.8 Å². The summed E-state index contributed by atoms with van der Waals surface area (Å²) in [6.07, 6.45) is 5.31. The molecule has 1 aliphatic heterocycles. The number of aryl methyl sites for hydroxylation is 3. The Hall–Kier alpha value is -3.03. The van der Waals surface area contributed by atoms with Gasteiger partial charge in [0, 0.05) is 26.0 Å². The number of likely N-dealkylation sites (tertiary alicyclic amines) is 1. The molecule has 0 radical (unpaired) electrons. The van der Waals surface area contributed by atoms with Crippen LogP contribution in [0.2, 0.25) is 0 Å². The zero-order chi connectivity index (χ0) is 18.3.